The first-order chi connectivity index (χ1) is 13.0. The third-order valence-electron chi connectivity index (χ3n) is 5.42. The van der Waals surface area contributed by atoms with E-state index in [-0.39, 0.29) is 17.6 Å². The van der Waals surface area contributed by atoms with Gasteiger partial charge in [-0.3, -0.25) is 14.2 Å². The van der Waals surface area contributed by atoms with Crippen molar-refractivity contribution in [1.29, 1.82) is 0 Å². The Morgan fingerprint density at radius 2 is 1.96 bits per heavy atom. The van der Waals surface area contributed by atoms with Crippen LogP contribution < -0.4 is 0 Å². The number of carboxylic acid groups (broad SMARTS) is 1. The number of aliphatic carboxylic acids is 1. The largest absolute Gasteiger partial charge is 0.481 e. The lowest BCUT2D eigenvalue weighted by atomic mass is 9.92. The number of hydrogen-bond donors (Lipinski definition) is 1. The molecule has 2 fully saturated rings. The number of likely N-dealkylation sites (tertiary alicyclic amines) is 1. The highest BCUT2D eigenvalue weighted by molar-refractivity contribution is 7.99. The highest BCUT2D eigenvalue weighted by atomic mass is 32.2. The third kappa shape index (κ3) is 3.85. The van der Waals surface area contributed by atoms with E-state index in [9.17, 15) is 14.7 Å². The zero-order chi connectivity index (χ0) is 19.0. The number of rotatable bonds is 6. The number of aryl methyl sites for hydroxylation is 1. The van der Waals surface area contributed by atoms with Gasteiger partial charge in [0.2, 0.25) is 5.91 Å². The van der Waals surface area contributed by atoms with E-state index in [0.29, 0.717) is 24.2 Å². The first-order valence-corrected chi connectivity index (χ1v) is 10.1. The first kappa shape index (κ1) is 18.0. The van der Waals surface area contributed by atoms with Crippen LogP contribution in [-0.4, -0.2) is 55.5 Å². The molecule has 1 N–H and O–H groups in total. The number of amides is 1. The van der Waals surface area contributed by atoms with Crippen molar-refractivity contribution in [3.63, 3.8) is 0 Å². The molecule has 2 heterocycles. The number of hydrogen-bond acceptors (Lipinski definition) is 5. The second-order valence-electron chi connectivity index (χ2n) is 7.35. The molecule has 0 radical (unpaired) electrons. The zero-order valence-corrected chi connectivity index (χ0v) is 15.9. The lowest BCUT2D eigenvalue weighted by Crippen LogP contribution is -2.31. The van der Waals surface area contributed by atoms with Gasteiger partial charge in [-0.05, 0) is 43.7 Å². The fraction of sp³-hybridized carbons (Fsp3) is 0.474. The molecule has 1 aliphatic heterocycles. The maximum atomic E-state index is 12.6. The molecule has 1 aromatic carbocycles. The van der Waals surface area contributed by atoms with Gasteiger partial charge < -0.3 is 10.0 Å². The number of carbonyl (C=O) groups excluding carboxylic acids is 1. The van der Waals surface area contributed by atoms with Gasteiger partial charge in [0.1, 0.15) is 6.33 Å². The summed E-state index contributed by atoms with van der Waals surface area (Å²) < 4.78 is 1.86. The molecule has 4 rings (SSSR count). The molecule has 0 bridgehead atoms. The van der Waals surface area contributed by atoms with Crippen LogP contribution in [0.4, 0.5) is 0 Å². The predicted molar refractivity (Wildman–Crippen MR) is 101 cm³/mol. The fourth-order valence-electron chi connectivity index (χ4n) is 3.72. The Morgan fingerprint density at radius 1 is 1.22 bits per heavy atom. The van der Waals surface area contributed by atoms with Crippen LogP contribution in [0, 0.1) is 24.7 Å². The molecule has 1 saturated heterocycles. The summed E-state index contributed by atoms with van der Waals surface area (Å²) in [6, 6.07) is 8.01. The minimum Gasteiger partial charge on any atom is -0.481 e. The normalized spacial score (nSPS) is 22.2. The number of carboxylic acids is 1. The number of aromatic nitrogens is 3. The summed E-state index contributed by atoms with van der Waals surface area (Å²) in [5, 5.41) is 18.2. The van der Waals surface area contributed by atoms with E-state index in [0.717, 1.165) is 18.5 Å². The summed E-state index contributed by atoms with van der Waals surface area (Å²) in [6.07, 6.45) is 3.81. The standard InChI is InChI=1S/C19H22N4O3S/c1-12-2-6-14(7-3-12)23-11-20-21-19(23)27-10-17(24)22-8-15(13-4-5-13)16(9-22)18(25)26/h2-3,6-7,11,13,15-16H,4-5,8-10H2,1H3,(H,25,26)/t15-,16+/m1/s1. The number of thioether (sulfide) groups is 1. The minimum atomic E-state index is -0.783. The van der Waals surface area contributed by atoms with Gasteiger partial charge >= 0.3 is 5.97 Å². The average molecular weight is 386 g/mol. The van der Waals surface area contributed by atoms with Crippen LogP contribution in [0.1, 0.15) is 18.4 Å². The summed E-state index contributed by atoms with van der Waals surface area (Å²) in [5.41, 5.74) is 2.12. The van der Waals surface area contributed by atoms with Gasteiger partial charge in [0.15, 0.2) is 5.16 Å². The predicted octanol–water partition coefficient (Wildman–Crippen LogP) is 2.24. The van der Waals surface area contributed by atoms with Crippen LogP contribution >= 0.6 is 11.8 Å². The molecule has 1 amide bonds. The van der Waals surface area contributed by atoms with Gasteiger partial charge in [-0.25, -0.2) is 0 Å². The molecule has 2 aromatic rings. The number of carbonyl (C=O) groups is 2. The molecule has 1 saturated carbocycles. The molecule has 0 spiro atoms. The monoisotopic (exact) mass is 386 g/mol. The van der Waals surface area contributed by atoms with Crippen LogP contribution in [0.3, 0.4) is 0 Å². The summed E-state index contributed by atoms with van der Waals surface area (Å²) in [7, 11) is 0. The maximum absolute atomic E-state index is 12.6. The van der Waals surface area contributed by atoms with E-state index in [1.807, 2.05) is 35.8 Å². The van der Waals surface area contributed by atoms with Crippen LogP contribution in [0.15, 0.2) is 35.7 Å². The second kappa shape index (κ2) is 7.34. The second-order valence-corrected chi connectivity index (χ2v) is 8.29. The van der Waals surface area contributed by atoms with Crippen LogP contribution in [-0.2, 0) is 9.59 Å². The Morgan fingerprint density at radius 3 is 2.63 bits per heavy atom. The molecule has 0 unspecified atom stereocenters. The SMILES string of the molecule is Cc1ccc(-n2cnnc2SCC(=O)N2C[C@H](C(=O)O)[C@@H](C3CC3)C2)cc1. The van der Waals surface area contributed by atoms with E-state index in [4.69, 9.17) is 0 Å². The summed E-state index contributed by atoms with van der Waals surface area (Å²) in [4.78, 5) is 25.9. The average Bonchev–Trinajstić information content (AvgIpc) is 3.22. The van der Waals surface area contributed by atoms with Crippen molar-refractivity contribution in [2.75, 3.05) is 18.8 Å². The van der Waals surface area contributed by atoms with Crippen molar-refractivity contribution in [2.24, 2.45) is 17.8 Å². The molecule has 1 aliphatic carbocycles. The van der Waals surface area contributed by atoms with Crippen molar-refractivity contribution in [1.82, 2.24) is 19.7 Å². The van der Waals surface area contributed by atoms with Crippen molar-refractivity contribution in [2.45, 2.75) is 24.9 Å². The lowest BCUT2D eigenvalue weighted by Gasteiger charge is -2.16. The van der Waals surface area contributed by atoms with E-state index in [1.165, 1.54) is 17.3 Å². The Hall–Kier alpha value is -2.35. The molecule has 8 heteroatoms. The Labute approximate surface area is 161 Å². The van der Waals surface area contributed by atoms with Gasteiger partial charge in [0.05, 0.1) is 11.7 Å². The van der Waals surface area contributed by atoms with Gasteiger partial charge in [-0.15, -0.1) is 10.2 Å². The quantitative estimate of drug-likeness (QED) is 0.766. The minimum absolute atomic E-state index is 0.0344. The highest BCUT2D eigenvalue weighted by Crippen LogP contribution is 2.44. The zero-order valence-electron chi connectivity index (χ0n) is 15.1. The molecule has 7 nitrogen and oxygen atoms in total. The third-order valence-corrected chi connectivity index (χ3v) is 6.34. The van der Waals surface area contributed by atoms with E-state index in [2.05, 4.69) is 10.2 Å². The van der Waals surface area contributed by atoms with Crippen LogP contribution in [0.2, 0.25) is 0 Å². The van der Waals surface area contributed by atoms with Gasteiger partial charge in [0, 0.05) is 18.8 Å². The topological polar surface area (TPSA) is 88.3 Å². The maximum Gasteiger partial charge on any atom is 0.308 e. The Kier molecular flexibility index (Phi) is 4.90. The van der Waals surface area contributed by atoms with Crippen LogP contribution in [0.5, 0.6) is 0 Å². The van der Waals surface area contributed by atoms with Crippen LogP contribution in [0.25, 0.3) is 5.69 Å². The van der Waals surface area contributed by atoms with E-state index < -0.39 is 11.9 Å². The summed E-state index contributed by atoms with van der Waals surface area (Å²) in [6.45, 7) is 2.91. The van der Waals surface area contributed by atoms with Crippen molar-refractivity contribution in [3.05, 3.63) is 36.2 Å². The highest BCUT2D eigenvalue weighted by Gasteiger charge is 2.46. The molecule has 142 valence electrons. The first-order valence-electron chi connectivity index (χ1n) is 9.13. The molecular weight excluding hydrogens is 364 g/mol. The molecule has 27 heavy (non-hydrogen) atoms. The summed E-state index contributed by atoms with van der Waals surface area (Å²) >= 11 is 1.33. The Bertz CT molecular complexity index is 847. The smallest absolute Gasteiger partial charge is 0.308 e. The van der Waals surface area contributed by atoms with Crippen molar-refractivity contribution in [3.8, 4) is 5.69 Å². The van der Waals surface area contributed by atoms with Gasteiger partial charge in [0.25, 0.3) is 0 Å². The molecule has 2 aliphatic rings. The van der Waals surface area contributed by atoms with E-state index in [1.54, 1.807) is 11.2 Å². The molecule has 1 aromatic heterocycles. The fourth-order valence-corrected chi connectivity index (χ4v) is 4.55. The molecule has 2 atom stereocenters. The van der Waals surface area contributed by atoms with Crippen molar-refractivity contribution >= 4 is 23.6 Å². The van der Waals surface area contributed by atoms with Crippen molar-refractivity contribution < 1.29 is 14.7 Å². The molecular formula is C19H22N4O3S. The number of nitrogens with zero attached hydrogens (tertiary/aromatic N) is 4. The van der Waals surface area contributed by atoms with Gasteiger partial charge in [-0.1, -0.05) is 29.5 Å². The van der Waals surface area contributed by atoms with Gasteiger partial charge in [-0.2, -0.15) is 0 Å². The Balaban J connectivity index is 1.39. The van der Waals surface area contributed by atoms with E-state index >= 15 is 0 Å². The lowest BCUT2D eigenvalue weighted by molar-refractivity contribution is -0.142. The number of benzene rings is 1. The summed E-state index contributed by atoms with van der Waals surface area (Å²) in [5.74, 6) is -0.438.